The van der Waals surface area contributed by atoms with Crippen molar-refractivity contribution in [1.29, 1.82) is 0 Å². The molecule has 1 aromatic rings. The molecule has 0 aliphatic rings. The van der Waals surface area contributed by atoms with Crippen LogP contribution in [0.15, 0.2) is 36.9 Å². The van der Waals surface area contributed by atoms with Crippen molar-refractivity contribution < 1.29 is 24.6 Å². The van der Waals surface area contributed by atoms with E-state index in [2.05, 4.69) is 6.58 Å². The van der Waals surface area contributed by atoms with Crippen molar-refractivity contribution in [2.24, 2.45) is 0 Å². The highest BCUT2D eigenvalue weighted by molar-refractivity contribution is 7.54. The van der Waals surface area contributed by atoms with E-state index in [1.807, 2.05) is 0 Å². The highest BCUT2D eigenvalue weighted by Crippen LogP contribution is 2.56. The molecule has 0 saturated carbocycles. The molecule has 0 aliphatic heterocycles. The summed E-state index contributed by atoms with van der Waals surface area (Å²) in [6.07, 6.45) is -1.64. The SMILES string of the molecule is C=C(c1ccccc1)C(O)(C(C)O)P(=O)(O)O. The maximum absolute atomic E-state index is 11.3. The number of aliphatic hydroxyl groups excluding tert-OH is 1. The van der Waals surface area contributed by atoms with Crippen LogP contribution in [-0.2, 0) is 4.57 Å². The summed E-state index contributed by atoms with van der Waals surface area (Å²) in [5.41, 5.74) is 0.153. The Morgan fingerprint density at radius 2 is 1.82 bits per heavy atom. The third-order valence-electron chi connectivity index (χ3n) is 2.59. The largest absolute Gasteiger partial charge is 0.389 e. The predicted molar refractivity (Wildman–Crippen MR) is 64.2 cm³/mol. The first-order chi connectivity index (χ1) is 7.71. The van der Waals surface area contributed by atoms with Crippen LogP contribution in [0.2, 0.25) is 0 Å². The van der Waals surface area contributed by atoms with Crippen molar-refractivity contribution >= 4 is 13.2 Å². The minimum absolute atomic E-state index is 0.207. The molecule has 0 bridgehead atoms. The van der Waals surface area contributed by atoms with E-state index in [1.165, 1.54) is 0 Å². The van der Waals surface area contributed by atoms with Crippen LogP contribution in [0.4, 0.5) is 0 Å². The van der Waals surface area contributed by atoms with Gasteiger partial charge in [0, 0.05) is 0 Å². The van der Waals surface area contributed by atoms with Gasteiger partial charge in [-0.15, -0.1) is 0 Å². The van der Waals surface area contributed by atoms with Gasteiger partial charge in [0.2, 0.25) is 5.34 Å². The van der Waals surface area contributed by atoms with Crippen LogP contribution in [0.5, 0.6) is 0 Å². The minimum atomic E-state index is -4.96. The number of aliphatic hydroxyl groups is 2. The maximum atomic E-state index is 11.3. The van der Waals surface area contributed by atoms with Crippen molar-refractivity contribution in [3.8, 4) is 0 Å². The third-order valence-corrected chi connectivity index (χ3v) is 4.12. The van der Waals surface area contributed by atoms with Gasteiger partial charge in [0.05, 0.1) is 6.10 Å². The molecule has 2 atom stereocenters. The van der Waals surface area contributed by atoms with Gasteiger partial charge in [0.1, 0.15) is 0 Å². The lowest BCUT2D eigenvalue weighted by Gasteiger charge is -2.33. The number of hydrogen-bond acceptors (Lipinski definition) is 3. The molecule has 0 amide bonds. The molecule has 1 aromatic carbocycles. The Bertz CT molecular complexity index is 450. The summed E-state index contributed by atoms with van der Waals surface area (Å²) in [7, 11) is -4.96. The maximum Gasteiger partial charge on any atom is 0.364 e. The highest BCUT2D eigenvalue weighted by atomic mass is 31.2. The molecule has 0 saturated heterocycles. The molecule has 0 radical (unpaired) electrons. The summed E-state index contributed by atoms with van der Waals surface area (Å²) in [6.45, 7) is 4.59. The molecule has 0 aromatic heterocycles. The average molecular weight is 258 g/mol. The summed E-state index contributed by atoms with van der Waals surface area (Å²) in [5, 5.41) is 16.8. The zero-order chi connectivity index (χ0) is 13.3. The average Bonchev–Trinajstić information content (AvgIpc) is 2.26. The molecule has 6 heteroatoms. The van der Waals surface area contributed by atoms with E-state index in [0.29, 0.717) is 5.56 Å². The van der Waals surface area contributed by atoms with Crippen LogP contribution < -0.4 is 0 Å². The molecule has 0 fully saturated rings. The fourth-order valence-electron chi connectivity index (χ4n) is 1.52. The molecule has 94 valence electrons. The van der Waals surface area contributed by atoms with Gasteiger partial charge in [-0.3, -0.25) is 4.57 Å². The van der Waals surface area contributed by atoms with Crippen LogP contribution in [0, 0.1) is 0 Å². The Labute approximate surface area is 99.2 Å². The summed E-state index contributed by atoms with van der Waals surface area (Å²) >= 11 is 0. The van der Waals surface area contributed by atoms with Gasteiger partial charge in [-0.25, -0.2) is 0 Å². The third kappa shape index (κ3) is 2.49. The normalized spacial score (nSPS) is 17.2. The number of hydrogen-bond donors (Lipinski definition) is 4. The Kier molecular flexibility index (Phi) is 3.91. The molecule has 0 heterocycles. The summed E-state index contributed by atoms with van der Waals surface area (Å²) < 4.78 is 11.3. The van der Waals surface area contributed by atoms with Crippen molar-refractivity contribution in [1.82, 2.24) is 0 Å². The second-order valence-corrected chi connectivity index (χ2v) is 5.56. The van der Waals surface area contributed by atoms with Gasteiger partial charge in [-0.2, -0.15) is 0 Å². The van der Waals surface area contributed by atoms with Gasteiger partial charge in [-0.1, -0.05) is 36.9 Å². The summed E-state index contributed by atoms with van der Waals surface area (Å²) in [4.78, 5) is 18.4. The van der Waals surface area contributed by atoms with E-state index < -0.39 is 19.0 Å². The van der Waals surface area contributed by atoms with Gasteiger partial charge in [0.25, 0.3) is 0 Å². The number of rotatable bonds is 4. The van der Waals surface area contributed by atoms with Crippen LogP contribution in [0.1, 0.15) is 12.5 Å². The van der Waals surface area contributed by atoms with Gasteiger partial charge < -0.3 is 20.0 Å². The van der Waals surface area contributed by atoms with Crippen molar-refractivity contribution in [3.63, 3.8) is 0 Å². The van der Waals surface area contributed by atoms with Crippen molar-refractivity contribution in [3.05, 3.63) is 42.5 Å². The monoisotopic (exact) mass is 258 g/mol. The summed E-state index contributed by atoms with van der Waals surface area (Å²) in [5.74, 6) is 0. The van der Waals surface area contributed by atoms with Gasteiger partial charge >= 0.3 is 7.60 Å². The molecule has 2 unspecified atom stereocenters. The van der Waals surface area contributed by atoms with Crippen molar-refractivity contribution in [2.75, 3.05) is 0 Å². The molecule has 0 aliphatic carbocycles. The second kappa shape index (κ2) is 4.72. The van der Waals surface area contributed by atoms with E-state index >= 15 is 0 Å². The molecule has 1 rings (SSSR count). The molecule has 17 heavy (non-hydrogen) atoms. The fraction of sp³-hybridized carbons (Fsp3) is 0.273. The zero-order valence-corrected chi connectivity index (χ0v) is 10.2. The highest BCUT2D eigenvalue weighted by Gasteiger charge is 2.52. The smallest absolute Gasteiger partial charge is 0.364 e. The number of benzene rings is 1. The first-order valence-corrected chi connectivity index (χ1v) is 6.53. The van der Waals surface area contributed by atoms with E-state index in [-0.39, 0.29) is 5.57 Å². The molecule has 5 nitrogen and oxygen atoms in total. The van der Waals surface area contributed by atoms with Crippen LogP contribution in [0.25, 0.3) is 5.57 Å². The molecular weight excluding hydrogens is 243 g/mol. The Morgan fingerprint density at radius 1 is 1.35 bits per heavy atom. The van der Waals surface area contributed by atoms with Crippen LogP contribution in [-0.4, -0.2) is 31.4 Å². The first-order valence-electron chi connectivity index (χ1n) is 4.92. The van der Waals surface area contributed by atoms with E-state index in [1.54, 1.807) is 30.3 Å². The Morgan fingerprint density at radius 3 is 2.18 bits per heavy atom. The first kappa shape index (κ1) is 14.1. The van der Waals surface area contributed by atoms with Crippen LogP contribution in [0.3, 0.4) is 0 Å². The standard InChI is InChI=1S/C11H15O5P/c1-8(10-6-4-3-5-7-10)11(13,9(2)12)17(14,15)16/h3-7,9,12-13H,1H2,2H3,(H2,14,15,16). The topological polar surface area (TPSA) is 98.0 Å². The second-order valence-electron chi connectivity index (χ2n) is 3.79. The van der Waals surface area contributed by atoms with E-state index in [4.69, 9.17) is 0 Å². The lowest BCUT2D eigenvalue weighted by Crippen LogP contribution is -2.41. The van der Waals surface area contributed by atoms with Gasteiger partial charge in [0.15, 0.2) is 0 Å². The van der Waals surface area contributed by atoms with Gasteiger partial charge in [-0.05, 0) is 18.1 Å². The molecule has 4 N–H and O–H groups in total. The van der Waals surface area contributed by atoms with E-state index in [0.717, 1.165) is 6.92 Å². The fourth-order valence-corrected chi connectivity index (χ4v) is 2.49. The molecule has 0 spiro atoms. The summed E-state index contributed by atoms with van der Waals surface area (Å²) in [6, 6.07) is 8.09. The molecular formula is C11H15O5P. The lowest BCUT2D eigenvalue weighted by atomic mass is 9.98. The zero-order valence-electron chi connectivity index (χ0n) is 9.32. The lowest BCUT2D eigenvalue weighted by molar-refractivity contribution is 0.0193. The van der Waals surface area contributed by atoms with E-state index in [9.17, 15) is 24.6 Å². The minimum Gasteiger partial charge on any atom is -0.389 e. The Hall–Kier alpha value is -0.970. The predicted octanol–water partition coefficient (Wildman–Crippen LogP) is 0.947. The van der Waals surface area contributed by atoms with Crippen molar-refractivity contribution in [2.45, 2.75) is 18.4 Å². The van der Waals surface area contributed by atoms with Crippen LogP contribution >= 0.6 is 7.60 Å². The quantitative estimate of drug-likeness (QED) is 0.603. The Balaban J connectivity index is 3.28.